The molecule has 0 N–H and O–H groups in total. The van der Waals surface area contributed by atoms with Crippen molar-refractivity contribution < 1.29 is 33.0 Å². The Morgan fingerprint density at radius 1 is 1.06 bits per heavy atom. The molecule has 0 amide bonds. The van der Waals surface area contributed by atoms with Crippen molar-refractivity contribution in [2.45, 2.75) is 13.3 Å². The lowest BCUT2D eigenvalue weighted by molar-refractivity contribution is 0.0358. The minimum absolute atomic E-state index is 0.00466. The molecule has 2 aliphatic rings. The number of carbonyl (C=O) groups is 3. The number of furan rings is 1. The number of nitrogens with zero attached hydrogens (tertiary/aromatic N) is 2. The van der Waals surface area contributed by atoms with Crippen LogP contribution >= 0.6 is 0 Å². The highest BCUT2D eigenvalue weighted by atomic mass is 16.5. The summed E-state index contributed by atoms with van der Waals surface area (Å²) < 4.78 is 22.1. The predicted molar refractivity (Wildman–Crippen MR) is 123 cm³/mol. The van der Waals surface area contributed by atoms with E-state index >= 15 is 0 Å². The fraction of sp³-hybridized carbons (Fsp3) is 0.308. The lowest BCUT2D eigenvalue weighted by Crippen LogP contribution is -2.37. The van der Waals surface area contributed by atoms with E-state index in [0.717, 1.165) is 39.3 Å². The first kappa shape index (κ1) is 22.9. The van der Waals surface area contributed by atoms with Gasteiger partial charge in [-0.3, -0.25) is 19.5 Å². The van der Waals surface area contributed by atoms with Crippen molar-refractivity contribution in [1.82, 2.24) is 9.88 Å². The van der Waals surface area contributed by atoms with Crippen molar-refractivity contribution in [3.05, 3.63) is 76.5 Å². The summed E-state index contributed by atoms with van der Waals surface area (Å²) in [5.41, 5.74) is -0.0313. The summed E-state index contributed by atoms with van der Waals surface area (Å²) in [6.07, 6.45) is 2.32. The Kier molecular flexibility index (Phi) is 6.43. The van der Waals surface area contributed by atoms with Crippen LogP contribution < -0.4 is 9.47 Å². The first-order valence-corrected chi connectivity index (χ1v) is 11.5. The number of benzene rings is 1. The Bertz CT molecular complexity index is 1270. The van der Waals surface area contributed by atoms with E-state index in [1.165, 1.54) is 19.2 Å². The summed E-state index contributed by atoms with van der Waals surface area (Å²) in [7, 11) is 0. The molecule has 9 nitrogen and oxygen atoms in total. The van der Waals surface area contributed by atoms with Crippen molar-refractivity contribution in [3.8, 4) is 11.5 Å². The monoisotopic (exact) mass is 476 g/mol. The lowest BCUT2D eigenvalue weighted by Gasteiger charge is -2.26. The highest BCUT2D eigenvalue weighted by Gasteiger charge is 2.39. The van der Waals surface area contributed by atoms with E-state index in [9.17, 15) is 14.4 Å². The third-order valence-electron chi connectivity index (χ3n) is 6.01. The van der Waals surface area contributed by atoms with Crippen molar-refractivity contribution in [3.63, 3.8) is 0 Å². The molecule has 1 aliphatic carbocycles. The molecule has 0 saturated carbocycles. The van der Waals surface area contributed by atoms with E-state index in [1.54, 1.807) is 30.3 Å². The summed E-state index contributed by atoms with van der Waals surface area (Å²) in [5.74, 6) is -0.909. The van der Waals surface area contributed by atoms with Gasteiger partial charge in [0, 0.05) is 25.8 Å². The summed E-state index contributed by atoms with van der Waals surface area (Å²) in [5, 5.41) is 0. The molecule has 0 spiro atoms. The molecule has 2 aromatic heterocycles. The molecule has 0 unspecified atom stereocenters. The molecule has 1 aromatic carbocycles. The summed E-state index contributed by atoms with van der Waals surface area (Å²) in [6, 6.07) is 9.72. The van der Waals surface area contributed by atoms with Gasteiger partial charge in [0.05, 0.1) is 30.9 Å². The zero-order valence-electron chi connectivity index (χ0n) is 19.2. The van der Waals surface area contributed by atoms with Crippen LogP contribution in [0, 0.1) is 6.92 Å². The van der Waals surface area contributed by atoms with Crippen molar-refractivity contribution in [2.24, 2.45) is 0 Å². The minimum Gasteiger partial charge on any atom is -0.494 e. The maximum atomic E-state index is 13.0. The predicted octanol–water partition coefficient (Wildman–Crippen LogP) is 3.08. The van der Waals surface area contributed by atoms with Gasteiger partial charge in [-0.2, -0.15) is 0 Å². The maximum Gasteiger partial charge on any atom is 0.347 e. The van der Waals surface area contributed by atoms with Crippen LogP contribution in [-0.2, 0) is 4.74 Å². The van der Waals surface area contributed by atoms with Crippen LogP contribution in [0.5, 0.6) is 11.5 Å². The van der Waals surface area contributed by atoms with Crippen molar-refractivity contribution >= 4 is 17.5 Å². The average Bonchev–Trinajstić information content (AvgIpc) is 3.24. The number of aryl methyl sites for hydroxylation is 1. The first-order chi connectivity index (χ1) is 17.0. The second kappa shape index (κ2) is 9.81. The van der Waals surface area contributed by atoms with Gasteiger partial charge in [-0.15, -0.1) is 0 Å². The van der Waals surface area contributed by atoms with Crippen molar-refractivity contribution in [1.29, 1.82) is 0 Å². The highest BCUT2D eigenvalue weighted by Crippen LogP contribution is 2.33. The van der Waals surface area contributed by atoms with Crippen LogP contribution in [-0.4, -0.2) is 66.9 Å². The standard InChI is InChI=1S/C26H24N2O7/c1-16-20(21-24(30)22-19(4-2-9-27-22)23(29)25(21)34-16)26(31)35-18-7-5-17(6-8-18)33-13-3-10-28-11-14-32-15-12-28/h2,4-9H,3,10-15H2,1H3. The van der Waals surface area contributed by atoms with E-state index in [2.05, 4.69) is 9.88 Å². The molecule has 180 valence electrons. The molecular weight excluding hydrogens is 452 g/mol. The topological polar surface area (TPSA) is 108 Å². The molecule has 0 atom stereocenters. The molecule has 0 radical (unpaired) electrons. The Labute approximate surface area is 201 Å². The highest BCUT2D eigenvalue weighted by molar-refractivity contribution is 6.29. The van der Waals surface area contributed by atoms with E-state index in [1.807, 2.05) is 0 Å². The van der Waals surface area contributed by atoms with Crippen LogP contribution in [0.25, 0.3) is 0 Å². The minimum atomic E-state index is -0.785. The Morgan fingerprint density at radius 2 is 1.80 bits per heavy atom. The summed E-state index contributed by atoms with van der Waals surface area (Å²) in [4.78, 5) is 45.1. The maximum absolute atomic E-state index is 13.0. The zero-order valence-corrected chi connectivity index (χ0v) is 19.2. The number of rotatable bonds is 7. The molecule has 1 saturated heterocycles. The third-order valence-corrected chi connectivity index (χ3v) is 6.01. The number of fused-ring (bicyclic) bond motifs is 2. The molecule has 3 aromatic rings. The summed E-state index contributed by atoms with van der Waals surface area (Å²) >= 11 is 0. The fourth-order valence-electron chi connectivity index (χ4n) is 4.24. The van der Waals surface area contributed by atoms with Crippen molar-refractivity contribution in [2.75, 3.05) is 39.5 Å². The number of esters is 1. The van der Waals surface area contributed by atoms with Crippen LogP contribution in [0.1, 0.15) is 54.7 Å². The molecule has 1 aliphatic heterocycles. The number of morpholine rings is 1. The quantitative estimate of drug-likeness (QED) is 0.226. The summed E-state index contributed by atoms with van der Waals surface area (Å²) in [6.45, 7) is 6.48. The number of carbonyl (C=O) groups excluding carboxylic acids is 3. The van der Waals surface area contributed by atoms with E-state index in [-0.39, 0.29) is 39.7 Å². The SMILES string of the molecule is Cc1oc2c(c1C(=O)Oc1ccc(OCCCN3CCOCC3)cc1)C(=O)c1ncccc1C2=O. The first-order valence-electron chi connectivity index (χ1n) is 11.5. The Hall–Kier alpha value is -3.82. The molecule has 1 fully saturated rings. The smallest absolute Gasteiger partial charge is 0.347 e. The second-order valence-electron chi connectivity index (χ2n) is 8.31. The molecule has 9 heteroatoms. The molecule has 5 rings (SSSR count). The number of aromatic nitrogens is 1. The van der Waals surface area contributed by atoms with E-state index in [4.69, 9.17) is 18.6 Å². The largest absolute Gasteiger partial charge is 0.494 e. The van der Waals surface area contributed by atoms with Gasteiger partial charge in [0.15, 0.2) is 5.76 Å². The number of ether oxygens (including phenoxy) is 3. The van der Waals surface area contributed by atoms with Gasteiger partial charge in [0.25, 0.3) is 0 Å². The van der Waals surface area contributed by atoms with Gasteiger partial charge in [0.1, 0.15) is 28.5 Å². The van der Waals surface area contributed by atoms with Gasteiger partial charge in [-0.25, -0.2) is 4.79 Å². The number of ketones is 2. The van der Waals surface area contributed by atoms with Gasteiger partial charge in [0.2, 0.25) is 11.6 Å². The van der Waals surface area contributed by atoms with E-state index < -0.39 is 17.5 Å². The van der Waals surface area contributed by atoms with Gasteiger partial charge >= 0.3 is 5.97 Å². The second-order valence-corrected chi connectivity index (χ2v) is 8.31. The lowest BCUT2D eigenvalue weighted by atomic mass is 9.90. The fourth-order valence-corrected chi connectivity index (χ4v) is 4.24. The van der Waals surface area contributed by atoms with Gasteiger partial charge < -0.3 is 18.6 Å². The van der Waals surface area contributed by atoms with Gasteiger partial charge in [-0.1, -0.05) is 0 Å². The third kappa shape index (κ3) is 4.60. The Balaban J connectivity index is 1.23. The normalized spacial score (nSPS) is 15.5. The zero-order chi connectivity index (χ0) is 24.4. The molecule has 3 heterocycles. The average molecular weight is 476 g/mol. The van der Waals surface area contributed by atoms with Crippen LogP contribution in [0.3, 0.4) is 0 Å². The number of pyridine rings is 1. The van der Waals surface area contributed by atoms with Crippen LogP contribution in [0.4, 0.5) is 0 Å². The van der Waals surface area contributed by atoms with Gasteiger partial charge in [-0.05, 0) is 49.7 Å². The van der Waals surface area contributed by atoms with E-state index in [0.29, 0.717) is 12.4 Å². The Morgan fingerprint density at radius 3 is 2.57 bits per heavy atom. The van der Waals surface area contributed by atoms with Crippen LogP contribution in [0.15, 0.2) is 47.0 Å². The molecule has 0 bridgehead atoms. The molecule has 35 heavy (non-hydrogen) atoms. The number of hydrogen-bond donors (Lipinski definition) is 0. The number of hydrogen-bond acceptors (Lipinski definition) is 9. The van der Waals surface area contributed by atoms with Crippen LogP contribution in [0.2, 0.25) is 0 Å². The molecular formula is C26H24N2O7.